The summed E-state index contributed by atoms with van der Waals surface area (Å²) in [5, 5.41) is 3.95. The summed E-state index contributed by atoms with van der Waals surface area (Å²) in [5.74, 6) is 1.65. The Kier molecular flexibility index (Phi) is 8.49. The van der Waals surface area contributed by atoms with Crippen LogP contribution in [0.25, 0.3) is 11.3 Å². The molecule has 6 nitrogen and oxygen atoms in total. The van der Waals surface area contributed by atoms with Crippen LogP contribution in [-0.2, 0) is 15.3 Å². The first-order valence-corrected chi connectivity index (χ1v) is 11.5. The van der Waals surface area contributed by atoms with Crippen molar-refractivity contribution in [2.24, 2.45) is 5.10 Å². The molecule has 0 saturated heterocycles. The number of hydrazone groups is 1. The zero-order valence-electron chi connectivity index (χ0n) is 16.8. The maximum atomic E-state index is 11.9. The van der Waals surface area contributed by atoms with E-state index in [9.17, 15) is 9.59 Å². The monoisotopic (exact) mass is 500 g/mol. The SMILES string of the molecule is CCOC(=O)c1ccc(-c2ccc(/C=N/NC(=O)CSCc3cccc(Br)c3)o2)cc1. The summed E-state index contributed by atoms with van der Waals surface area (Å²) in [5.41, 5.74) is 4.95. The van der Waals surface area contributed by atoms with Gasteiger partial charge < -0.3 is 9.15 Å². The highest BCUT2D eigenvalue weighted by atomic mass is 79.9. The quantitative estimate of drug-likeness (QED) is 0.246. The number of carbonyl (C=O) groups excluding carboxylic acids is 2. The van der Waals surface area contributed by atoms with Gasteiger partial charge in [-0.3, -0.25) is 4.79 Å². The molecule has 2 aromatic carbocycles. The van der Waals surface area contributed by atoms with Crippen molar-refractivity contribution >= 4 is 45.8 Å². The van der Waals surface area contributed by atoms with Crippen molar-refractivity contribution in [1.82, 2.24) is 5.43 Å². The van der Waals surface area contributed by atoms with Gasteiger partial charge in [0.1, 0.15) is 11.5 Å². The minimum absolute atomic E-state index is 0.183. The summed E-state index contributed by atoms with van der Waals surface area (Å²) in [6.07, 6.45) is 1.45. The number of carbonyl (C=O) groups is 2. The first-order chi connectivity index (χ1) is 15.0. The number of rotatable bonds is 9. The number of nitrogens with one attached hydrogen (secondary N) is 1. The minimum Gasteiger partial charge on any atom is -0.462 e. The number of halogens is 1. The summed E-state index contributed by atoms with van der Waals surface area (Å²) in [6, 6.07) is 18.5. The molecule has 0 saturated carbocycles. The fourth-order valence-electron chi connectivity index (χ4n) is 2.65. The van der Waals surface area contributed by atoms with Gasteiger partial charge in [0.2, 0.25) is 5.91 Å². The van der Waals surface area contributed by atoms with E-state index in [1.165, 1.54) is 18.0 Å². The van der Waals surface area contributed by atoms with Crippen LogP contribution in [0.4, 0.5) is 0 Å². The van der Waals surface area contributed by atoms with Crippen LogP contribution in [0.5, 0.6) is 0 Å². The highest BCUT2D eigenvalue weighted by molar-refractivity contribution is 9.10. The average Bonchev–Trinajstić information content (AvgIpc) is 3.23. The third kappa shape index (κ3) is 7.11. The fraction of sp³-hybridized carbons (Fsp3) is 0.174. The zero-order valence-corrected chi connectivity index (χ0v) is 19.2. The van der Waals surface area contributed by atoms with Crippen LogP contribution in [0.15, 0.2) is 74.7 Å². The number of esters is 1. The van der Waals surface area contributed by atoms with E-state index in [0.29, 0.717) is 29.4 Å². The molecule has 0 atom stereocenters. The molecule has 0 aliphatic rings. The van der Waals surface area contributed by atoms with Crippen LogP contribution in [0, 0.1) is 0 Å². The molecule has 0 spiro atoms. The normalized spacial score (nSPS) is 10.9. The maximum Gasteiger partial charge on any atom is 0.338 e. The first kappa shape index (κ1) is 22.8. The topological polar surface area (TPSA) is 80.9 Å². The van der Waals surface area contributed by atoms with Gasteiger partial charge in [-0.15, -0.1) is 11.8 Å². The lowest BCUT2D eigenvalue weighted by Gasteiger charge is -2.02. The van der Waals surface area contributed by atoms with E-state index >= 15 is 0 Å². The second kappa shape index (κ2) is 11.5. The van der Waals surface area contributed by atoms with Gasteiger partial charge in [0, 0.05) is 15.8 Å². The number of amides is 1. The Labute approximate surface area is 193 Å². The molecule has 1 amide bonds. The molecular formula is C23H21BrN2O4S. The highest BCUT2D eigenvalue weighted by Crippen LogP contribution is 2.22. The molecule has 0 bridgehead atoms. The van der Waals surface area contributed by atoms with E-state index in [1.54, 1.807) is 43.3 Å². The van der Waals surface area contributed by atoms with Gasteiger partial charge in [-0.2, -0.15) is 5.10 Å². The number of nitrogens with zero attached hydrogens (tertiary/aromatic N) is 1. The van der Waals surface area contributed by atoms with Crippen molar-refractivity contribution in [3.05, 3.63) is 82.0 Å². The van der Waals surface area contributed by atoms with Crippen LogP contribution in [0.2, 0.25) is 0 Å². The van der Waals surface area contributed by atoms with Gasteiger partial charge in [-0.1, -0.05) is 40.2 Å². The van der Waals surface area contributed by atoms with Crippen molar-refractivity contribution in [1.29, 1.82) is 0 Å². The van der Waals surface area contributed by atoms with E-state index in [2.05, 4.69) is 26.5 Å². The number of furan rings is 1. The van der Waals surface area contributed by atoms with Gasteiger partial charge >= 0.3 is 5.97 Å². The van der Waals surface area contributed by atoms with Crippen LogP contribution in [0.1, 0.15) is 28.6 Å². The number of hydrogen-bond acceptors (Lipinski definition) is 6. The first-order valence-electron chi connectivity index (χ1n) is 9.56. The maximum absolute atomic E-state index is 11.9. The van der Waals surface area contributed by atoms with Crippen LogP contribution in [-0.4, -0.2) is 30.5 Å². The number of hydrogen-bond donors (Lipinski definition) is 1. The smallest absolute Gasteiger partial charge is 0.338 e. The van der Waals surface area contributed by atoms with Crippen molar-refractivity contribution in [3.63, 3.8) is 0 Å². The molecule has 31 heavy (non-hydrogen) atoms. The van der Waals surface area contributed by atoms with Crippen LogP contribution in [0.3, 0.4) is 0 Å². The van der Waals surface area contributed by atoms with Gasteiger partial charge in [-0.25, -0.2) is 10.2 Å². The Morgan fingerprint density at radius 3 is 2.71 bits per heavy atom. The van der Waals surface area contributed by atoms with Crippen LogP contribution < -0.4 is 5.43 Å². The summed E-state index contributed by atoms with van der Waals surface area (Å²) < 4.78 is 11.7. The molecule has 160 valence electrons. The predicted octanol–water partition coefficient (Wildman–Crippen LogP) is 5.27. The zero-order chi connectivity index (χ0) is 22.1. The molecule has 1 heterocycles. The highest BCUT2D eigenvalue weighted by Gasteiger charge is 2.08. The average molecular weight is 501 g/mol. The van der Waals surface area contributed by atoms with Crippen molar-refractivity contribution in [2.75, 3.05) is 12.4 Å². The van der Waals surface area contributed by atoms with Crippen molar-refractivity contribution in [3.8, 4) is 11.3 Å². The lowest BCUT2D eigenvalue weighted by Crippen LogP contribution is -2.19. The van der Waals surface area contributed by atoms with Crippen molar-refractivity contribution in [2.45, 2.75) is 12.7 Å². The number of benzene rings is 2. The van der Waals surface area contributed by atoms with Gasteiger partial charge in [0.25, 0.3) is 0 Å². The van der Waals surface area contributed by atoms with Gasteiger partial charge in [0.05, 0.1) is 24.1 Å². The molecular weight excluding hydrogens is 480 g/mol. The largest absolute Gasteiger partial charge is 0.462 e. The van der Waals surface area contributed by atoms with Crippen LogP contribution >= 0.6 is 27.7 Å². The Bertz CT molecular complexity index is 1060. The summed E-state index contributed by atoms with van der Waals surface area (Å²) >= 11 is 4.95. The Hall–Kier alpha value is -2.84. The number of thioether (sulfide) groups is 1. The molecule has 8 heteroatoms. The number of ether oxygens (including phenoxy) is 1. The Morgan fingerprint density at radius 2 is 1.97 bits per heavy atom. The molecule has 0 fully saturated rings. The Balaban J connectivity index is 1.46. The standard InChI is InChI=1S/C23H21BrN2O4S/c1-2-29-23(28)18-8-6-17(7-9-18)21-11-10-20(30-21)13-25-26-22(27)15-31-14-16-4-3-5-19(24)12-16/h3-13H,2,14-15H2,1H3,(H,26,27)/b25-13+. The van der Waals surface area contributed by atoms with Crippen molar-refractivity contribution < 1.29 is 18.7 Å². The third-order valence-electron chi connectivity index (χ3n) is 4.08. The summed E-state index contributed by atoms with van der Waals surface area (Å²) in [4.78, 5) is 23.6. The second-order valence-electron chi connectivity index (χ2n) is 6.42. The molecule has 0 aliphatic carbocycles. The lowest BCUT2D eigenvalue weighted by molar-refractivity contribution is -0.118. The van der Waals surface area contributed by atoms with E-state index in [4.69, 9.17) is 9.15 Å². The third-order valence-corrected chi connectivity index (χ3v) is 5.58. The lowest BCUT2D eigenvalue weighted by atomic mass is 10.1. The van der Waals surface area contributed by atoms with Gasteiger partial charge in [-0.05, 0) is 48.9 Å². The van der Waals surface area contributed by atoms with E-state index in [-0.39, 0.29) is 11.9 Å². The Morgan fingerprint density at radius 1 is 1.16 bits per heavy atom. The minimum atomic E-state index is -0.355. The summed E-state index contributed by atoms with van der Waals surface area (Å²) in [6.45, 7) is 2.10. The molecule has 0 radical (unpaired) electrons. The van der Waals surface area contributed by atoms with E-state index in [0.717, 1.165) is 21.4 Å². The molecule has 3 rings (SSSR count). The summed E-state index contributed by atoms with van der Waals surface area (Å²) in [7, 11) is 0. The predicted molar refractivity (Wildman–Crippen MR) is 126 cm³/mol. The van der Waals surface area contributed by atoms with E-state index in [1.807, 2.05) is 24.3 Å². The molecule has 0 unspecified atom stereocenters. The second-order valence-corrected chi connectivity index (χ2v) is 8.32. The molecule has 1 aromatic heterocycles. The fourth-order valence-corrected chi connectivity index (χ4v) is 3.86. The molecule has 3 aromatic rings. The van der Waals surface area contributed by atoms with Gasteiger partial charge in [0.15, 0.2) is 0 Å². The molecule has 1 N–H and O–H groups in total. The van der Waals surface area contributed by atoms with E-state index < -0.39 is 0 Å². The molecule has 0 aliphatic heterocycles.